The van der Waals surface area contributed by atoms with E-state index < -0.39 is 0 Å². The number of carbonyl (C=O) groups excluding carboxylic acids is 1. The lowest BCUT2D eigenvalue weighted by molar-refractivity contribution is -0.116. The molecule has 1 aliphatic heterocycles. The highest BCUT2D eigenvalue weighted by Gasteiger charge is 2.38. The molecule has 1 aliphatic rings. The minimum Gasteiger partial charge on any atom is -0.508 e. The molecule has 1 atom stereocenters. The maximum Gasteiger partial charge on any atom is 0.246 e. The number of thioether (sulfide) groups is 2. The van der Waals surface area contributed by atoms with Gasteiger partial charge in [0.2, 0.25) is 10.9 Å². The number of nitrogens with zero attached hydrogens (tertiary/aromatic N) is 6. The van der Waals surface area contributed by atoms with Crippen LogP contribution in [0.4, 0.5) is 5.69 Å². The van der Waals surface area contributed by atoms with E-state index in [0.717, 1.165) is 26.3 Å². The van der Waals surface area contributed by atoms with Crippen LogP contribution in [0.15, 0.2) is 81.8 Å². The first-order valence-corrected chi connectivity index (χ1v) is 13.9. The number of aromatic nitrogens is 3. The number of phenolic OH excluding ortho intramolecular Hbond substituents is 1. The molecule has 1 unspecified atom stereocenters. The minimum absolute atomic E-state index is 0.0535. The topological polar surface area (TPSA) is 95.5 Å². The van der Waals surface area contributed by atoms with Crippen LogP contribution in [0.3, 0.4) is 0 Å². The number of benzene rings is 2. The molecule has 2 aromatic heterocycles. The Morgan fingerprint density at radius 1 is 1.19 bits per heavy atom. The fourth-order valence-corrected chi connectivity index (χ4v) is 6.35. The van der Waals surface area contributed by atoms with Crippen molar-refractivity contribution in [3.8, 4) is 17.0 Å². The Hall–Kier alpha value is -3.41. The summed E-state index contributed by atoms with van der Waals surface area (Å²) in [5.41, 5.74) is 3.05. The standard InChI is InChI=1S/C25H22N6O2S3/c1-3-14-34-25-29-31-19(21(27-23(31)36-25)16-8-6-5-7-9-16)15-26-28-24-30(22(33)20(4-2)35-24)17-10-12-18(32)13-11-17/h3,5-13,15,20,32H,1,4,14H2,2H3/b26-15+,28-24-. The molecule has 0 spiro atoms. The molecule has 0 saturated carbocycles. The van der Waals surface area contributed by atoms with Crippen molar-refractivity contribution in [2.24, 2.45) is 10.2 Å². The average molecular weight is 535 g/mol. The van der Waals surface area contributed by atoms with E-state index in [1.54, 1.807) is 51.7 Å². The number of amides is 1. The molecule has 3 heterocycles. The smallest absolute Gasteiger partial charge is 0.246 e. The first kappa shape index (κ1) is 24.3. The van der Waals surface area contributed by atoms with Crippen LogP contribution >= 0.6 is 34.9 Å². The van der Waals surface area contributed by atoms with Gasteiger partial charge >= 0.3 is 0 Å². The lowest BCUT2D eigenvalue weighted by Crippen LogP contribution is -2.31. The lowest BCUT2D eigenvalue weighted by Gasteiger charge is -2.15. The second-order valence-electron chi connectivity index (χ2n) is 7.71. The molecule has 4 aromatic rings. The molecule has 1 amide bonds. The second kappa shape index (κ2) is 10.7. The quantitative estimate of drug-likeness (QED) is 0.135. The van der Waals surface area contributed by atoms with Gasteiger partial charge in [0.05, 0.1) is 17.2 Å². The lowest BCUT2D eigenvalue weighted by atomic mass is 10.1. The molecule has 8 nitrogen and oxygen atoms in total. The summed E-state index contributed by atoms with van der Waals surface area (Å²) in [5, 5.41) is 23.4. The summed E-state index contributed by atoms with van der Waals surface area (Å²) in [6.45, 7) is 5.74. The fourth-order valence-electron chi connectivity index (χ4n) is 3.63. The normalized spacial score (nSPS) is 17.1. The minimum atomic E-state index is -0.239. The van der Waals surface area contributed by atoms with Gasteiger partial charge in [-0.25, -0.2) is 9.50 Å². The van der Waals surface area contributed by atoms with Crippen molar-refractivity contribution in [2.45, 2.75) is 22.9 Å². The molecule has 36 heavy (non-hydrogen) atoms. The second-order valence-corrected chi connectivity index (χ2v) is 11.1. The number of fused-ring (bicyclic) bond motifs is 1. The van der Waals surface area contributed by atoms with Crippen LogP contribution in [0.5, 0.6) is 5.75 Å². The van der Waals surface area contributed by atoms with Crippen LogP contribution in [0.25, 0.3) is 16.2 Å². The Morgan fingerprint density at radius 2 is 1.97 bits per heavy atom. The van der Waals surface area contributed by atoms with Gasteiger partial charge in [-0.05, 0) is 30.7 Å². The first-order valence-electron chi connectivity index (χ1n) is 11.2. The molecule has 5 rings (SSSR count). The number of carbonyl (C=O) groups is 1. The van der Waals surface area contributed by atoms with Crippen LogP contribution in [0, 0.1) is 0 Å². The number of amidine groups is 1. The molecule has 0 aliphatic carbocycles. The molecule has 0 bridgehead atoms. The van der Waals surface area contributed by atoms with Gasteiger partial charge in [-0.15, -0.1) is 16.8 Å². The van der Waals surface area contributed by atoms with Gasteiger partial charge in [-0.2, -0.15) is 5.10 Å². The number of imidazole rings is 1. The summed E-state index contributed by atoms with van der Waals surface area (Å²) >= 11 is 4.49. The Morgan fingerprint density at radius 3 is 2.69 bits per heavy atom. The van der Waals surface area contributed by atoms with E-state index in [1.165, 1.54) is 23.1 Å². The summed E-state index contributed by atoms with van der Waals surface area (Å²) in [7, 11) is 0. The maximum atomic E-state index is 13.0. The predicted octanol–water partition coefficient (Wildman–Crippen LogP) is 5.69. The largest absolute Gasteiger partial charge is 0.508 e. The van der Waals surface area contributed by atoms with Gasteiger partial charge in [0, 0.05) is 11.3 Å². The summed E-state index contributed by atoms with van der Waals surface area (Å²) in [4.78, 5) is 20.1. The number of hydrogen-bond donors (Lipinski definition) is 1. The van der Waals surface area contributed by atoms with Crippen LogP contribution in [0.2, 0.25) is 0 Å². The van der Waals surface area contributed by atoms with Crippen molar-refractivity contribution in [1.29, 1.82) is 0 Å². The van der Waals surface area contributed by atoms with Crippen molar-refractivity contribution >= 4 is 62.8 Å². The predicted molar refractivity (Wildman–Crippen MR) is 150 cm³/mol. The van der Waals surface area contributed by atoms with E-state index in [0.29, 0.717) is 23.0 Å². The number of anilines is 1. The molecule has 1 fully saturated rings. The van der Waals surface area contributed by atoms with E-state index in [4.69, 9.17) is 10.1 Å². The monoisotopic (exact) mass is 534 g/mol. The molecule has 1 saturated heterocycles. The third kappa shape index (κ3) is 4.81. The summed E-state index contributed by atoms with van der Waals surface area (Å²) < 4.78 is 2.67. The van der Waals surface area contributed by atoms with Crippen LogP contribution in [-0.4, -0.2) is 48.0 Å². The van der Waals surface area contributed by atoms with E-state index >= 15 is 0 Å². The summed E-state index contributed by atoms with van der Waals surface area (Å²) in [5.74, 6) is 0.840. The van der Waals surface area contributed by atoms with Gasteiger partial charge < -0.3 is 5.11 Å². The third-order valence-corrected chi connectivity index (χ3v) is 8.66. The number of rotatable bonds is 8. The molecule has 182 valence electrons. The maximum absolute atomic E-state index is 13.0. The van der Waals surface area contributed by atoms with Gasteiger partial charge in [0.1, 0.15) is 17.1 Å². The van der Waals surface area contributed by atoms with Crippen LogP contribution < -0.4 is 4.90 Å². The van der Waals surface area contributed by atoms with Crippen molar-refractivity contribution < 1.29 is 9.90 Å². The number of hydrogen-bond acceptors (Lipinski definition) is 9. The van der Waals surface area contributed by atoms with Gasteiger partial charge in [-0.3, -0.25) is 9.69 Å². The van der Waals surface area contributed by atoms with Gasteiger partial charge in [-0.1, -0.05) is 78.2 Å². The van der Waals surface area contributed by atoms with Crippen molar-refractivity contribution in [1.82, 2.24) is 14.6 Å². The molecular formula is C25H22N6O2S3. The molecule has 1 N–H and O–H groups in total. The highest BCUT2D eigenvalue weighted by atomic mass is 32.2. The average Bonchev–Trinajstić information content (AvgIpc) is 3.55. The fraction of sp³-hybridized carbons (Fsp3) is 0.160. The number of aromatic hydroxyl groups is 1. The Kier molecular flexibility index (Phi) is 7.21. The van der Waals surface area contributed by atoms with E-state index in [2.05, 4.69) is 16.8 Å². The Balaban J connectivity index is 1.53. The summed E-state index contributed by atoms with van der Waals surface area (Å²) in [6.07, 6.45) is 4.15. The van der Waals surface area contributed by atoms with Crippen LogP contribution in [0.1, 0.15) is 19.0 Å². The number of phenols is 1. The van der Waals surface area contributed by atoms with Gasteiger partial charge in [0.15, 0.2) is 9.51 Å². The van der Waals surface area contributed by atoms with Crippen molar-refractivity contribution in [3.05, 3.63) is 72.9 Å². The SMILES string of the molecule is C=CCSc1nn2c(/C=N/N=C3\SC(CC)C(=O)N3c3ccc(O)cc3)c(-c3ccccc3)nc2s1. The highest BCUT2D eigenvalue weighted by Crippen LogP contribution is 2.34. The third-order valence-electron chi connectivity index (χ3n) is 5.33. The summed E-state index contributed by atoms with van der Waals surface area (Å²) in [6, 6.07) is 16.3. The van der Waals surface area contributed by atoms with E-state index in [1.807, 2.05) is 43.3 Å². The molecule has 11 heteroatoms. The van der Waals surface area contributed by atoms with E-state index in [9.17, 15) is 9.90 Å². The van der Waals surface area contributed by atoms with E-state index in [-0.39, 0.29) is 16.9 Å². The zero-order valence-corrected chi connectivity index (χ0v) is 21.8. The Bertz CT molecular complexity index is 1460. The molecular weight excluding hydrogens is 513 g/mol. The first-order chi connectivity index (χ1) is 17.6. The zero-order valence-electron chi connectivity index (χ0n) is 19.3. The Labute approximate surface area is 220 Å². The molecule has 2 aromatic carbocycles. The van der Waals surface area contributed by atoms with Crippen molar-refractivity contribution in [2.75, 3.05) is 10.7 Å². The van der Waals surface area contributed by atoms with Crippen molar-refractivity contribution in [3.63, 3.8) is 0 Å². The molecule has 0 radical (unpaired) electrons. The van der Waals surface area contributed by atoms with Crippen LogP contribution in [-0.2, 0) is 4.79 Å². The zero-order chi connectivity index (χ0) is 25.1. The highest BCUT2D eigenvalue weighted by molar-refractivity contribution is 8.16. The van der Waals surface area contributed by atoms with Gasteiger partial charge in [0.25, 0.3) is 0 Å².